The molecule has 0 saturated carbocycles. The second-order valence-electron chi connectivity index (χ2n) is 5.07. The van der Waals surface area contributed by atoms with Gasteiger partial charge < -0.3 is 14.8 Å². The van der Waals surface area contributed by atoms with Gasteiger partial charge >= 0.3 is 0 Å². The molecule has 23 heavy (non-hydrogen) atoms. The summed E-state index contributed by atoms with van der Waals surface area (Å²) in [6, 6.07) is 10.8. The van der Waals surface area contributed by atoms with Crippen LogP contribution in [0.2, 0.25) is 0 Å². The van der Waals surface area contributed by atoms with Crippen LogP contribution in [0.3, 0.4) is 0 Å². The second-order valence-corrected chi connectivity index (χ2v) is 5.07. The maximum atomic E-state index is 12.2. The number of carbonyl (C=O) groups excluding carboxylic acids is 1. The molecule has 1 aromatic carbocycles. The van der Waals surface area contributed by atoms with E-state index >= 15 is 0 Å². The van der Waals surface area contributed by atoms with E-state index in [1.807, 2.05) is 18.2 Å². The zero-order valence-corrected chi connectivity index (χ0v) is 13.5. The first-order valence-electron chi connectivity index (χ1n) is 7.73. The molecule has 1 amide bonds. The third-order valence-corrected chi connectivity index (χ3v) is 3.34. The van der Waals surface area contributed by atoms with E-state index in [0.29, 0.717) is 30.2 Å². The van der Waals surface area contributed by atoms with Crippen molar-refractivity contribution in [3.05, 3.63) is 53.9 Å². The molecular formula is C18H22N2O3. The molecule has 5 heteroatoms. The van der Waals surface area contributed by atoms with Gasteiger partial charge in [0.05, 0.1) is 26.0 Å². The van der Waals surface area contributed by atoms with Crippen LogP contribution >= 0.6 is 0 Å². The van der Waals surface area contributed by atoms with Crippen LogP contribution in [-0.2, 0) is 6.54 Å². The molecule has 1 aromatic heterocycles. The summed E-state index contributed by atoms with van der Waals surface area (Å²) in [5.74, 6) is 1.04. The van der Waals surface area contributed by atoms with E-state index in [2.05, 4.69) is 17.2 Å². The summed E-state index contributed by atoms with van der Waals surface area (Å²) < 4.78 is 11.0. The molecule has 1 N–H and O–H groups in total. The molecule has 122 valence electrons. The van der Waals surface area contributed by atoms with Crippen molar-refractivity contribution in [2.24, 2.45) is 0 Å². The smallest absolute Gasteiger partial charge is 0.251 e. The summed E-state index contributed by atoms with van der Waals surface area (Å²) in [5, 5.41) is 2.84. The lowest BCUT2D eigenvalue weighted by Crippen LogP contribution is -2.23. The molecule has 0 fully saturated rings. The van der Waals surface area contributed by atoms with Crippen molar-refractivity contribution in [3.8, 4) is 11.5 Å². The van der Waals surface area contributed by atoms with E-state index in [1.54, 1.807) is 31.5 Å². The Morgan fingerprint density at radius 2 is 2.09 bits per heavy atom. The zero-order valence-electron chi connectivity index (χ0n) is 13.5. The number of hydrogen-bond donors (Lipinski definition) is 1. The minimum atomic E-state index is -0.172. The number of amides is 1. The minimum absolute atomic E-state index is 0.172. The second kappa shape index (κ2) is 8.78. The van der Waals surface area contributed by atoms with Gasteiger partial charge in [-0.3, -0.25) is 9.78 Å². The number of ether oxygens (including phenoxy) is 2. The number of aromatic nitrogens is 1. The maximum absolute atomic E-state index is 12.2. The quantitative estimate of drug-likeness (QED) is 0.760. The number of pyridine rings is 1. The number of nitrogens with zero attached hydrogens (tertiary/aromatic N) is 1. The first-order chi connectivity index (χ1) is 11.2. The topological polar surface area (TPSA) is 60.5 Å². The Morgan fingerprint density at radius 1 is 1.22 bits per heavy atom. The van der Waals surface area contributed by atoms with E-state index < -0.39 is 0 Å². The van der Waals surface area contributed by atoms with Gasteiger partial charge in [0.1, 0.15) is 0 Å². The molecule has 5 nitrogen and oxygen atoms in total. The Kier molecular flexibility index (Phi) is 6.41. The van der Waals surface area contributed by atoms with Crippen molar-refractivity contribution in [1.29, 1.82) is 0 Å². The van der Waals surface area contributed by atoms with Crippen LogP contribution in [0, 0.1) is 0 Å². The summed E-state index contributed by atoms with van der Waals surface area (Å²) in [7, 11) is 1.57. The standard InChI is InChI=1S/C18H22N2O3/c1-3-4-11-23-16-9-8-14(12-17(16)22-2)18(21)20-13-15-7-5-6-10-19-15/h5-10,12H,3-4,11,13H2,1-2H3,(H,20,21). The molecule has 2 rings (SSSR count). The van der Waals surface area contributed by atoms with E-state index in [0.717, 1.165) is 18.5 Å². The van der Waals surface area contributed by atoms with E-state index in [-0.39, 0.29) is 5.91 Å². The zero-order chi connectivity index (χ0) is 16.5. The van der Waals surface area contributed by atoms with Crippen LogP contribution < -0.4 is 14.8 Å². The summed E-state index contributed by atoms with van der Waals surface area (Å²) in [4.78, 5) is 16.4. The van der Waals surface area contributed by atoms with Crippen LogP contribution in [0.4, 0.5) is 0 Å². The molecule has 0 aliphatic carbocycles. The van der Waals surface area contributed by atoms with Crippen LogP contribution in [0.25, 0.3) is 0 Å². The highest BCUT2D eigenvalue weighted by atomic mass is 16.5. The molecule has 0 saturated heterocycles. The van der Waals surface area contributed by atoms with Gasteiger partial charge in [0.2, 0.25) is 0 Å². The van der Waals surface area contributed by atoms with Crippen LogP contribution in [0.15, 0.2) is 42.6 Å². The fourth-order valence-electron chi connectivity index (χ4n) is 2.03. The number of methoxy groups -OCH3 is 1. The van der Waals surface area contributed by atoms with Crippen molar-refractivity contribution >= 4 is 5.91 Å². The molecule has 0 aliphatic heterocycles. The summed E-state index contributed by atoms with van der Waals surface area (Å²) in [5.41, 5.74) is 1.34. The molecule has 0 unspecified atom stereocenters. The number of benzene rings is 1. The lowest BCUT2D eigenvalue weighted by Gasteiger charge is -2.12. The number of rotatable bonds is 8. The van der Waals surface area contributed by atoms with E-state index in [9.17, 15) is 4.79 Å². The fourth-order valence-corrected chi connectivity index (χ4v) is 2.03. The van der Waals surface area contributed by atoms with Gasteiger partial charge in [-0.25, -0.2) is 0 Å². The first-order valence-corrected chi connectivity index (χ1v) is 7.73. The third kappa shape index (κ3) is 4.98. The average molecular weight is 314 g/mol. The Morgan fingerprint density at radius 3 is 2.78 bits per heavy atom. The fraction of sp³-hybridized carbons (Fsp3) is 0.333. The predicted molar refractivity (Wildman–Crippen MR) is 88.8 cm³/mol. The Balaban J connectivity index is 2.00. The summed E-state index contributed by atoms with van der Waals surface area (Å²) in [6.45, 7) is 3.13. The monoisotopic (exact) mass is 314 g/mol. The molecule has 0 atom stereocenters. The Bertz CT molecular complexity index is 629. The third-order valence-electron chi connectivity index (χ3n) is 3.34. The lowest BCUT2D eigenvalue weighted by atomic mass is 10.2. The normalized spacial score (nSPS) is 10.2. The van der Waals surface area contributed by atoms with Crippen molar-refractivity contribution in [2.75, 3.05) is 13.7 Å². The SMILES string of the molecule is CCCCOc1ccc(C(=O)NCc2ccccn2)cc1OC. The summed E-state index contributed by atoms with van der Waals surface area (Å²) >= 11 is 0. The number of hydrogen-bond acceptors (Lipinski definition) is 4. The lowest BCUT2D eigenvalue weighted by molar-refractivity contribution is 0.0950. The van der Waals surface area contributed by atoms with Gasteiger partial charge in [0.25, 0.3) is 5.91 Å². The van der Waals surface area contributed by atoms with Gasteiger partial charge in [-0.15, -0.1) is 0 Å². The number of nitrogens with one attached hydrogen (secondary N) is 1. The van der Waals surface area contributed by atoms with Crippen molar-refractivity contribution in [1.82, 2.24) is 10.3 Å². The summed E-state index contributed by atoms with van der Waals surface area (Å²) in [6.07, 6.45) is 3.75. The van der Waals surface area contributed by atoms with Gasteiger partial charge in [-0.2, -0.15) is 0 Å². The van der Waals surface area contributed by atoms with Crippen molar-refractivity contribution in [3.63, 3.8) is 0 Å². The van der Waals surface area contributed by atoms with E-state index in [1.165, 1.54) is 0 Å². The van der Waals surface area contributed by atoms with Gasteiger partial charge in [-0.05, 0) is 36.8 Å². The molecule has 0 spiro atoms. The molecule has 2 aromatic rings. The highest BCUT2D eigenvalue weighted by molar-refractivity contribution is 5.94. The van der Waals surface area contributed by atoms with Crippen LogP contribution in [-0.4, -0.2) is 24.6 Å². The van der Waals surface area contributed by atoms with Crippen LogP contribution in [0.1, 0.15) is 35.8 Å². The largest absolute Gasteiger partial charge is 0.493 e. The molecule has 0 radical (unpaired) electrons. The van der Waals surface area contributed by atoms with E-state index in [4.69, 9.17) is 9.47 Å². The highest BCUT2D eigenvalue weighted by Crippen LogP contribution is 2.28. The number of carbonyl (C=O) groups is 1. The van der Waals surface area contributed by atoms with Gasteiger partial charge in [-0.1, -0.05) is 19.4 Å². The van der Waals surface area contributed by atoms with Crippen molar-refractivity contribution in [2.45, 2.75) is 26.3 Å². The highest BCUT2D eigenvalue weighted by Gasteiger charge is 2.11. The Labute approximate surface area is 136 Å². The first kappa shape index (κ1) is 16.8. The maximum Gasteiger partial charge on any atom is 0.251 e. The minimum Gasteiger partial charge on any atom is -0.493 e. The van der Waals surface area contributed by atoms with Crippen molar-refractivity contribution < 1.29 is 14.3 Å². The number of unbranched alkanes of at least 4 members (excludes halogenated alkanes) is 1. The van der Waals surface area contributed by atoms with Gasteiger partial charge in [0, 0.05) is 11.8 Å². The van der Waals surface area contributed by atoms with Crippen LogP contribution in [0.5, 0.6) is 11.5 Å². The molecular weight excluding hydrogens is 292 g/mol. The molecule has 0 aliphatic rings. The van der Waals surface area contributed by atoms with Gasteiger partial charge in [0.15, 0.2) is 11.5 Å². The molecule has 1 heterocycles. The Hall–Kier alpha value is -2.56. The molecule has 0 bridgehead atoms. The average Bonchev–Trinajstić information content (AvgIpc) is 2.61. The predicted octanol–water partition coefficient (Wildman–Crippen LogP) is 3.20.